The molecule has 2 aromatic heterocycles. The van der Waals surface area contributed by atoms with Gasteiger partial charge >= 0.3 is 0 Å². The van der Waals surface area contributed by atoms with E-state index in [1.54, 1.807) is 18.4 Å². The molecule has 0 unspecified atom stereocenters. The van der Waals surface area contributed by atoms with Crippen LogP contribution in [0.15, 0.2) is 27.2 Å². The van der Waals surface area contributed by atoms with E-state index in [4.69, 9.17) is 13.6 Å². The Bertz CT molecular complexity index is 953. The topological polar surface area (TPSA) is 99.0 Å². The molecule has 9 heteroatoms. The monoisotopic (exact) mass is 483 g/mol. The Balaban J connectivity index is 1.35. The molecule has 0 atom stereocenters. The number of piperidine rings is 1. The predicted octanol–water partition coefficient (Wildman–Crippen LogP) is 3.76. The van der Waals surface area contributed by atoms with E-state index in [2.05, 4.69) is 27.8 Å². The van der Waals surface area contributed by atoms with Gasteiger partial charge in [-0.1, -0.05) is 26.2 Å². The number of carbonyl (C=O) groups excluding carboxylic acids is 1. The molecular formula is C26H37N5O4. The molecule has 2 aliphatic heterocycles. The van der Waals surface area contributed by atoms with Crippen LogP contribution in [0.1, 0.15) is 51.1 Å². The van der Waals surface area contributed by atoms with Crippen molar-refractivity contribution in [3.63, 3.8) is 0 Å². The third kappa shape index (κ3) is 6.65. The van der Waals surface area contributed by atoms with Crippen LogP contribution in [0.3, 0.4) is 0 Å². The van der Waals surface area contributed by atoms with Gasteiger partial charge in [-0.2, -0.15) is 10.2 Å². The molecule has 35 heavy (non-hydrogen) atoms. The van der Waals surface area contributed by atoms with E-state index in [0.717, 1.165) is 71.6 Å². The van der Waals surface area contributed by atoms with Gasteiger partial charge < -0.3 is 23.4 Å². The molecule has 0 aliphatic carbocycles. The number of aromatic nitrogens is 1. The number of oxazole rings is 1. The zero-order valence-corrected chi connectivity index (χ0v) is 20.8. The van der Waals surface area contributed by atoms with Crippen molar-refractivity contribution in [3.8, 4) is 17.7 Å². The molecular weight excluding hydrogens is 446 g/mol. The number of nitrogens with zero attached hydrogens (tertiary/aromatic N) is 5. The van der Waals surface area contributed by atoms with Gasteiger partial charge in [0, 0.05) is 51.7 Å². The van der Waals surface area contributed by atoms with Crippen LogP contribution in [-0.2, 0) is 9.53 Å². The summed E-state index contributed by atoms with van der Waals surface area (Å²) in [6.45, 7) is 9.46. The second-order valence-corrected chi connectivity index (χ2v) is 9.36. The van der Waals surface area contributed by atoms with Crippen molar-refractivity contribution in [1.82, 2.24) is 14.8 Å². The van der Waals surface area contributed by atoms with Crippen LogP contribution in [0, 0.1) is 17.2 Å². The average molecular weight is 484 g/mol. The van der Waals surface area contributed by atoms with Crippen molar-refractivity contribution in [2.75, 3.05) is 63.9 Å². The zero-order valence-electron chi connectivity index (χ0n) is 20.8. The highest BCUT2D eigenvalue weighted by Crippen LogP contribution is 2.31. The number of unbranched alkanes of at least 4 members (excludes halogenated alkanes) is 3. The Morgan fingerprint density at radius 2 is 1.97 bits per heavy atom. The van der Waals surface area contributed by atoms with Crippen LogP contribution < -0.4 is 4.90 Å². The first kappa shape index (κ1) is 25.3. The minimum absolute atomic E-state index is 0.000107. The summed E-state index contributed by atoms with van der Waals surface area (Å²) in [6.07, 6.45) is 7.65. The van der Waals surface area contributed by atoms with Gasteiger partial charge in [0.15, 0.2) is 5.76 Å². The quantitative estimate of drug-likeness (QED) is 0.446. The molecule has 0 saturated carbocycles. The standard InChI is InChI=1S/C26H37N5O4/c1-2-3-4-5-10-30(14-13-29-15-18-33-19-16-29)25(32)21-8-11-31(12-9-21)26-22(20-27)28-24(35-26)23-7-6-17-34-23/h6-7,17,21H,2-5,8-16,18-19H2,1H3. The highest BCUT2D eigenvalue weighted by Gasteiger charge is 2.31. The van der Waals surface area contributed by atoms with Crippen LogP contribution >= 0.6 is 0 Å². The third-order valence-electron chi connectivity index (χ3n) is 6.96. The maximum Gasteiger partial charge on any atom is 0.266 e. The Morgan fingerprint density at radius 3 is 2.66 bits per heavy atom. The first-order valence-corrected chi connectivity index (χ1v) is 13.0. The molecule has 0 radical (unpaired) electrons. The SMILES string of the molecule is CCCCCCN(CCN1CCOCC1)C(=O)C1CCN(c2oc(-c3ccco3)nc2C#N)CC1. The van der Waals surface area contributed by atoms with Crippen molar-refractivity contribution in [2.45, 2.75) is 45.4 Å². The molecule has 1 amide bonds. The summed E-state index contributed by atoms with van der Waals surface area (Å²) >= 11 is 0. The molecule has 2 aliphatic rings. The lowest BCUT2D eigenvalue weighted by Crippen LogP contribution is -2.47. The maximum atomic E-state index is 13.5. The Labute approximate surface area is 207 Å². The molecule has 9 nitrogen and oxygen atoms in total. The van der Waals surface area contributed by atoms with Gasteiger partial charge in [-0.3, -0.25) is 9.69 Å². The van der Waals surface area contributed by atoms with Crippen molar-refractivity contribution >= 4 is 11.8 Å². The van der Waals surface area contributed by atoms with Gasteiger partial charge in [0.1, 0.15) is 6.07 Å². The third-order valence-corrected chi connectivity index (χ3v) is 6.96. The summed E-state index contributed by atoms with van der Waals surface area (Å²) < 4.78 is 16.7. The maximum absolute atomic E-state index is 13.5. The van der Waals surface area contributed by atoms with Crippen LogP contribution in [0.5, 0.6) is 0 Å². The highest BCUT2D eigenvalue weighted by atomic mass is 16.5. The fourth-order valence-corrected chi connectivity index (χ4v) is 4.84. The number of carbonyl (C=O) groups is 1. The Morgan fingerprint density at radius 1 is 1.17 bits per heavy atom. The summed E-state index contributed by atoms with van der Waals surface area (Å²) in [5.41, 5.74) is 0.254. The second-order valence-electron chi connectivity index (χ2n) is 9.36. The molecule has 4 rings (SSSR count). The van der Waals surface area contributed by atoms with E-state index in [0.29, 0.717) is 30.6 Å². The van der Waals surface area contributed by atoms with E-state index in [1.165, 1.54) is 12.8 Å². The van der Waals surface area contributed by atoms with Gasteiger partial charge in [0.05, 0.1) is 19.5 Å². The molecule has 2 saturated heterocycles. The lowest BCUT2D eigenvalue weighted by molar-refractivity contribution is -0.136. The number of amides is 1. The van der Waals surface area contributed by atoms with Gasteiger partial charge in [-0.15, -0.1) is 0 Å². The Kier molecular flexibility index (Phi) is 9.21. The minimum atomic E-state index is 0.000107. The predicted molar refractivity (Wildman–Crippen MR) is 132 cm³/mol. The number of morpholine rings is 1. The minimum Gasteiger partial charge on any atom is -0.459 e. The van der Waals surface area contributed by atoms with Gasteiger partial charge in [0.2, 0.25) is 17.5 Å². The number of anilines is 1. The molecule has 4 heterocycles. The van der Waals surface area contributed by atoms with Crippen molar-refractivity contribution in [3.05, 3.63) is 24.1 Å². The van der Waals surface area contributed by atoms with Crippen LogP contribution in [0.2, 0.25) is 0 Å². The van der Waals surface area contributed by atoms with Crippen LogP contribution in [0.25, 0.3) is 11.7 Å². The van der Waals surface area contributed by atoms with E-state index in [-0.39, 0.29) is 17.5 Å². The molecule has 0 aromatic carbocycles. The smallest absolute Gasteiger partial charge is 0.266 e. The fourth-order valence-electron chi connectivity index (χ4n) is 4.84. The number of nitriles is 1. The van der Waals surface area contributed by atoms with Gasteiger partial charge in [0.25, 0.3) is 5.89 Å². The molecule has 2 fully saturated rings. The Hall–Kier alpha value is -2.83. The van der Waals surface area contributed by atoms with Gasteiger partial charge in [-0.25, -0.2) is 0 Å². The molecule has 190 valence electrons. The lowest BCUT2D eigenvalue weighted by atomic mass is 9.95. The van der Waals surface area contributed by atoms with E-state index < -0.39 is 0 Å². The van der Waals surface area contributed by atoms with Gasteiger partial charge in [-0.05, 0) is 31.4 Å². The van der Waals surface area contributed by atoms with E-state index >= 15 is 0 Å². The first-order valence-electron chi connectivity index (χ1n) is 13.0. The number of hydrogen-bond donors (Lipinski definition) is 0. The van der Waals surface area contributed by atoms with Crippen molar-refractivity contribution in [1.29, 1.82) is 5.26 Å². The number of rotatable bonds is 11. The number of furan rings is 1. The molecule has 2 aromatic rings. The second kappa shape index (κ2) is 12.8. The summed E-state index contributed by atoms with van der Waals surface area (Å²) in [7, 11) is 0. The normalized spacial score (nSPS) is 17.4. The van der Waals surface area contributed by atoms with Crippen molar-refractivity contribution in [2.24, 2.45) is 5.92 Å². The first-order chi connectivity index (χ1) is 17.2. The fraction of sp³-hybridized carbons (Fsp3) is 0.654. The highest BCUT2D eigenvalue weighted by molar-refractivity contribution is 5.79. The molecule has 0 N–H and O–H groups in total. The summed E-state index contributed by atoms with van der Waals surface area (Å²) in [4.78, 5) is 24.3. The van der Waals surface area contributed by atoms with Crippen molar-refractivity contribution < 1.29 is 18.4 Å². The van der Waals surface area contributed by atoms with E-state index in [9.17, 15) is 10.1 Å². The number of hydrogen-bond acceptors (Lipinski definition) is 8. The van der Waals surface area contributed by atoms with Crippen LogP contribution in [0.4, 0.5) is 5.88 Å². The van der Waals surface area contributed by atoms with Crippen LogP contribution in [-0.4, -0.2) is 79.7 Å². The summed E-state index contributed by atoms with van der Waals surface area (Å²) in [5.74, 6) is 1.54. The zero-order chi connectivity index (χ0) is 24.5. The largest absolute Gasteiger partial charge is 0.459 e. The molecule has 0 spiro atoms. The summed E-state index contributed by atoms with van der Waals surface area (Å²) in [5, 5.41) is 9.56. The van der Waals surface area contributed by atoms with E-state index in [1.807, 2.05) is 4.90 Å². The average Bonchev–Trinajstić information content (AvgIpc) is 3.59. The summed E-state index contributed by atoms with van der Waals surface area (Å²) in [6, 6.07) is 5.65. The lowest BCUT2D eigenvalue weighted by Gasteiger charge is -2.35. The molecule has 0 bridgehead atoms. The number of ether oxygens (including phenoxy) is 1.